The lowest BCUT2D eigenvalue weighted by molar-refractivity contribution is 0.231. The van der Waals surface area contributed by atoms with Gasteiger partial charge >= 0.3 is 0 Å². The summed E-state index contributed by atoms with van der Waals surface area (Å²) in [7, 11) is 1.62. The van der Waals surface area contributed by atoms with Crippen LogP contribution in [0.15, 0.2) is 40.3 Å². The Kier molecular flexibility index (Phi) is 7.80. The van der Waals surface area contributed by atoms with Crippen LogP contribution >= 0.6 is 23.2 Å². The van der Waals surface area contributed by atoms with Crippen LogP contribution in [0.5, 0.6) is 5.75 Å². The number of halogens is 3. The van der Waals surface area contributed by atoms with Gasteiger partial charge in [0.25, 0.3) is 0 Å². The van der Waals surface area contributed by atoms with E-state index in [4.69, 9.17) is 39.4 Å². The fourth-order valence-electron chi connectivity index (χ4n) is 4.42. The standard InChI is InChI=1S/C24H29Cl2FN6O/c1-34-21-12-15(32-9-2-3-10-32)4-7-19(21)31-22(28)13-20-24(29)30-8-11-33(20)14-16-17(25)5-6-18(27)23(16)26/h4-7,12,20H,2-3,8-11,13-14H2,1H3,(H2,28,31)(H2,29,30). The van der Waals surface area contributed by atoms with E-state index in [1.807, 2.05) is 23.1 Å². The Morgan fingerprint density at radius 1 is 1.21 bits per heavy atom. The maximum atomic E-state index is 14.0. The average molecular weight is 507 g/mol. The minimum atomic E-state index is -0.512. The monoisotopic (exact) mass is 506 g/mol. The Morgan fingerprint density at radius 3 is 2.71 bits per heavy atom. The molecule has 34 heavy (non-hydrogen) atoms. The number of nitrogens with two attached hydrogens (primary N) is 2. The van der Waals surface area contributed by atoms with Gasteiger partial charge in [0.1, 0.15) is 28.9 Å². The van der Waals surface area contributed by atoms with Gasteiger partial charge in [-0.25, -0.2) is 9.38 Å². The average Bonchev–Trinajstić information content (AvgIpc) is 3.36. The maximum absolute atomic E-state index is 14.0. The van der Waals surface area contributed by atoms with Crippen molar-refractivity contribution in [1.29, 1.82) is 0 Å². The van der Waals surface area contributed by atoms with E-state index in [-0.39, 0.29) is 11.1 Å². The number of rotatable bonds is 7. The van der Waals surface area contributed by atoms with Crippen LogP contribution < -0.4 is 21.1 Å². The summed E-state index contributed by atoms with van der Waals surface area (Å²) in [5.41, 5.74) is 14.9. The third-order valence-electron chi connectivity index (χ3n) is 6.26. The summed E-state index contributed by atoms with van der Waals surface area (Å²) in [6.07, 6.45) is 2.74. The fraction of sp³-hybridized carbons (Fsp3) is 0.417. The predicted molar refractivity (Wildman–Crippen MR) is 137 cm³/mol. The summed E-state index contributed by atoms with van der Waals surface area (Å²) < 4.78 is 19.6. The van der Waals surface area contributed by atoms with Crippen LogP contribution in [-0.2, 0) is 6.54 Å². The van der Waals surface area contributed by atoms with Crippen LogP contribution in [0.2, 0.25) is 10.0 Å². The minimum Gasteiger partial charge on any atom is -0.494 e. The van der Waals surface area contributed by atoms with E-state index in [1.165, 1.54) is 25.0 Å². The quantitative estimate of drug-likeness (QED) is 0.330. The van der Waals surface area contributed by atoms with Crippen molar-refractivity contribution < 1.29 is 9.13 Å². The summed E-state index contributed by atoms with van der Waals surface area (Å²) in [4.78, 5) is 13.4. The Labute approximate surface area is 209 Å². The number of amidine groups is 2. The molecular formula is C24H29Cl2FN6O. The van der Waals surface area contributed by atoms with E-state index in [0.717, 1.165) is 18.8 Å². The molecule has 182 valence electrons. The van der Waals surface area contributed by atoms with Crippen LogP contribution in [0, 0.1) is 5.82 Å². The number of aliphatic imine (C=N–C) groups is 2. The van der Waals surface area contributed by atoms with Gasteiger partial charge in [-0.15, -0.1) is 0 Å². The van der Waals surface area contributed by atoms with E-state index in [9.17, 15) is 4.39 Å². The van der Waals surface area contributed by atoms with Crippen LogP contribution in [0.4, 0.5) is 15.8 Å². The van der Waals surface area contributed by atoms with E-state index in [0.29, 0.717) is 59.7 Å². The summed E-state index contributed by atoms with van der Waals surface area (Å²) in [6.45, 7) is 3.54. The SMILES string of the molecule is COc1cc(N2CCCC2)ccc1N=C(N)CC1C(N)=NCCN1Cc1c(Cl)ccc(F)c1Cl. The summed E-state index contributed by atoms with van der Waals surface area (Å²) >= 11 is 12.5. The topological polar surface area (TPSA) is 92.5 Å². The molecule has 4 rings (SSSR count). The van der Waals surface area contributed by atoms with Gasteiger partial charge in [0.2, 0.25) is 0 Å². The second kappa shape index (κ2) is 10.8. The van der Waals surface area contributed by atoms with Crippen LogP contribution in [0.1, 0.15) is 24.8 Å². The third kappa shape index (κ3) is 5.40. The largest absolute Gasteiger partial charge is 0.494 e. The number of hydrogen-bond donors (Lipinski definition) is 2. The lowest BCUT2D eigenvalue weighted by atomic mass is 10.1. The molecule has 1 fully saturated rings. The highest BCUT2D eigenvalue weighted by Crippen LogP contribution is 2.34. The number of ether oxygens (including phenoxy) is 1. The van der Waals surface area contributed by atoms with Gasteiger partial charge < -0.3 is 21.1 Å². The Morgan fingerprint density at radius 2 is 1.97 bits per heavy atom. The van der Waals surface area contributed by atoms with Crippen molar-refractivity contribution >= 4 is 46.2 Å². The van der Waals surface area contributed by atoms with Crippen molar-refractivity contribution in [3.8, 4) is 5.75 Å². The molecule has 0 spiro atoms. The van der Waals surface area contributed by atoms with Crippen molar-refractivity contribution in [3.63, 3.8) is 0 Å². The Balaban J connectivity index is 1.54. The zero-order valence-corrected chi connectivity index (χ0v) is 20.6. The maximum Gasteiger partial charge on any atom is 0.146 e. The molecule has 2 aliphatic heterocycles. The zero-order chi connectivity index (χ0) is 24.2. The first-order valence-electron chi connectivity index (χ1n) is 11.3. The molecule has 2 aliphatic rings. The van der Waals surface area contributed by atoms with E-state index >= 15 is 0 Å². The van der Waals surface area contributed by atoms with Crippen molar-refractivity contribution in [2.24, 2.45) is 21.5 Å². The highest BCUT2D eigenvalue weighted by atomic mass is 35.5. The van der Waals surface area contributed by atoms with Gasteiger partial charge in [-0.2, -0.15) is 0 Å². The summed E-state index contributed by atoms with van der Waals surface area (Å²) in [5.74, 6) is 0.984. The van der Waals surface area contributed by atoms with Crippen molar-refractivity contribution in [1.82, 2.24) is 4.90 Å². The molecule has 0 aromatic heterocycles. The van der Waals surface area contributed by atoms with E-state index < -0.39 is 5.82 Å². The smallest absolute Gasteiger partial charge is 0.146 e. The molecule has 10 heteroatoms. The first-order valence-corrected chi connectivity index (χ1v) is 12.0. The van der Waals surface area contributed by atoms with Gasteiger partial charge in [-0.3, -0.25) is 9.89 Å². The van der Waals surface area contributed by atoms with Crippen LogP contribution in [0.3, 0.4) is 0 Å². The van der Waals surface area contributed by atoms with E-state index in [1.54, 1.807) is 7.11 Å². The molecule has 7 nitrogen and oxygen atoms in total. The number of hydrogen-bond acceptors (Lipinski definition) is 6. The molecule has 0 aliphatic carbocycles. The molecule has 0 bridgehead atoms. The summed E-state index contributed by atoms with van der Waals surface area (Å²) in [5, 5.41) is 0.410. The van der Waals surface area contributed by atoms with Gasteiger partial charge in [0, 0.05) is 54.9 Å². The number of nitrogens with zero attached hydrogens (tertiary/aromatic N) is 4. The molecular weight excluding hydrogens is 478 g/mol. The number of methoxy groups -OCH3 is 1. The molecule has 2 aromatic carbocycles. The van der Waals surface area contributed by atoms with Crippen molar-refractivity contribution in [2.75, 3.05) is 38.2 Å². The Bertz CT molecular complexity index is 1100. The summed E-state index contributed by atoms with van der Waals surface area (Å²) in [6, 6.07) is 8.39. The first kappa shape index (κ1) is 24.6. The molecule has 1 atom stereocenters. The number of benzene rings is 2. The fourth-order valence-corrected chi connectivity index (χ4v) is 4.92. The normalized spacial score (nSPS) is 19.4. The van der Waals surface area contributed by atoms with Gasteiger partial charge in [0.15, 0.2) is 0 Å². The second-order valence-corrected chi connectivity index (χ2v) is 9.26. The lowest BCUT2D eigenvalue weighted by Crippen LogP contribution is -2.50. The lowest BCUT2D eigenvalue weighted by Gasteiger charge is -2.34. The zero-order valence-electron chi connectivity index (χ0n) is 19.1. The molecule has 2 aromatic rings. The van der Waals surface area contributed by atoms with Gasteiger partial charge in [0.05, 0.1) is 24.7 Å². The van der Waals surface area contributed by atoms with Crippen LogP contribution in [-0.4, -0.2) is 55.9 Å². The predicted octanol–water partition coefficient (Wildman–Crippen LogP) is 4.36. The highest BCUT2D eigenvalue weighted by Gasteiger charge is 2.28. The van der Waals surface area contributed by atoms with Crippen molar-refractivity contribution in [3.05, 3.63) is 51.8 Å². The van der Waals surface area contributed by atoms with Gasteiger partial charge in [-0.05, 0) is 37.1 Å². The molecule has 0 amide bonds. The van der Waals surface area contributed by atoms with Gasteiger partial charge in [-0.1, -0.05) is 23.2 Å². The van der Waals surface area contributed by atoms with E-state index in [2.05, 4.69) is 14.9 Å². The molecule has 1 unspecified atom stereocenters. The first-order chi connectivity index (χ1) is 16.4. The Hall–Kier alpha value is -2.55. The van der Waals surface area contributed by atoms with Crippen molar-refractivity contribution in [2.45, 2.75) is 31.8 Å². The molecule has 1 saturated heterocycles. The third-order valence-corrected chi connectivity index (χ3v) is 7.03. The molecule has 0 radical (unpaired) electrons. The highest BCUT2D eigenvalue weighted by molar-refractivity contribution is 6.36. The molecule has 0 saturated carbocycles. The number of anilines is 1. The molecule has 2 heterocycles. The molecule has 4 N–H and O–H groups in total. The second-order valence-electron chi connectivity index (χ2n) is 8.47. The minimum absolute atomic E-state index is 0.0109. The van der Waals surface area contributed by atoms with Crippen LogP contribution in [0.25, 0.3) is 0 Å².